The maximum absolute atomic E-state index is 12.2. The summed E-state index contributed by atoms with van der Waals surface area (Å²) in [6.45, 7) is 1.10. The molecule has 0 saturated heterocycles. The molecule has 23 heavy (non-hydrogen) atoms. The van der Waals surface area contributed by atoms with Crippen LogP contribution in [0, 0.1) is 0 Å². The highest BCUT2D eigenvalue weighted by molar-refractivity contribution is 6.40. The van der Waals surface area contributed by atoms with Crippen LogP contribution in [-0.2, 0) is 9.59 Å². The van der Waals surface area contributed by atoms with Gasteiger partial charge in [0.1, 0.15) is 6.54 Å². The smallest absolute Gasteiger partial charge is 0.244 e. The minimum atomic E-state index is -0.413. The van der Waals surface area contributed by atoms with Gasteiger partial charge in [-0.05, 0) is 24.3 Å². The Kier molecular flexibility index (Phi) is 5.88. The summed E-state index contributed by atoms with van der Waals surface area (Å²) in [6, 6.07) is 11.7. The van der Waals surface area contributed by atoms with E-state index in [1.165, 1.54) is 11.8 Å². The molecule has 0 radical (unpaired) electrons. The van der Waals surface area contributed by atoms with Crippen LogP contribution in [0.15, 0.2) is 42.5 Å². The Morgan fingerprint density at radius 1 is 0.957 bits per heavy atom. The van der Waals surface area contributed by atoms with Crippen LogP contribution in [0.2, 0.25) is 15.1 Å². The highest BCUT2D eigenvalue weighted by Crippen LogP contribution is 2.33. The van der Waals surface area contributed by atoms with Crippen molar-refractivity contribution in [1.82, 2.24) is 0 Å². The molecule has 120 valence electrons. The summed E-state index contributed by atoms with van der Waals surface area (Å²) in [4.78, 5) is 25.4. The zero-order chi connectivity index (χ0) is 17.0. The fourth-order valence-electron chi connectivity index (χ4n) is 1.99. The van der Waals surface area contributed by atoms with Gasteiger partial charge in [0.25, 0.3) is 0 Å². The topological polar surface area (TPSA) is 49.4 Å². The van der Waals surface area contributed by atoms with E-state index in [1.807, 2.05) is 0 Å². The summed E-state index contributed by atoms with van der Waals surface area (Å²) in [5.41, 5.74) is 0.769. The Morgan fingerprint density at radius 3 is 2.09 bits per heavy atom. The van der Waals surface area contributed by atoms with Crippen molar-refractivity contribution in [2.24, 2.45) is 0 Å². The molecule has 0 aliphatic rings. The molecular formula is C16H13Cl3N2O2. The molecular weight excluding hydrogens is 359 g/mol. The highest BCUT2D eigenvalue weighted by atomic mass is 35.5. The average molecular weight is 372 g/mol. The Bertz CT molecular complexity index is 730. The van der Waals surface area contributed by atoms with Crippen molar-refractivity contribution < 1.29 is 9.59 Å². The average Bonchev–Trinajstić information content (AvgIpc) is 2.48. The monoisotopic (exact) mass is 370 g/mol. The van der Waals surface area contributed by atoms with Gasteiger partial charge in [-0.2, -0.15) is 0 Å². The molecule has 2 aromatic rings. The van der Waals surface area contributed by atoms with E-state index in [0.717, 1.165) is 0 Å². The van der Waals surface area contributed by atoms with Crippen LogP contribution < -0.4 is 10.2 Å². The third-order valence-electron chi connectivity index (χ3n) is 3.04. The zero-order valence-electron chi connectivity index (χ0n) is 12.1. The Hall–Kier alpha value is -1.75. The van der Waals surface area contributed by atoms with Gasteiger partial charge in [0.15, 0.2) is 0 Å². The van der Waals surface area contributed by atoms with Crippen LogP contribution in [0.25, 0.3) is 0 Å². The first kappa shape index (κ1) is 17.6. The third-order valence-corrected chi connectivity index (χ3v) is 3.98. The van der Waals surface area contributed by atoms with Crippen molar-refractivity contribution in [3.05, 3.63) is 57.5 Å². The molecule has 0 aromatic heterocycles. The lowest BCUT2D eigenvalue weighted by atomic mass is 10.2. The van der Waals surface area contributed by atoms with Crippen LogP contribution in [0.4, 0.5) is 11.4 Å². The van der Waals surface area contributed by atoms with Crippen LogP contribution in [0.3, 0.4) is 0 Å². The van der Waals surface area contributed by atoms with E-state index in [9.17, 15) is 9.59 Å². The van der Waals surface area contributed by atoms with E-state index in [1.54, 1.807) is 42.5 Å². The number of hydrogen-bond acceptors (Lipinski definition) is 2. The number of anilines is 2. The van der Waals surface area contributed by atoms with Crippen molar-refractivity contribution in [1.29, 1.82) is 0 Å². The Labute approximate surface area is 148 Å². The second-order valence-corrected chi connectivity index (χ2v) is 5.93. The van der Waals surface area contributed by atoms with E-state index in [2.05, 4.69) is 5.32 Å². The first-order chi connectivity index (χ1) is 10.9. The summed E-state index contributed by atoms with van der Waals surface area (Å²) >= 11 is 18.2. The number of para-hydroxylation sites is 2. The highest BCUT2D eigenvalue weighted by Gasteiger charge is 2.21. The predicted octanol–water partition coefficient (Wildman–Crippen LogP) is 4.64. The number of benzene rings is 2. The quantitative estimate of drug-likeness (QED) is 0.851. The third kappa shape index (κ3) is 4.38. The molecule has 4 nitrogen and oxygen atoms in total. The lowest BCUT2D eigenvalue weighted by molar-refractivity contribution is -0.120. The lowest BCUT2D eigenvalue weighted by Crippen LogP contribution is -2.37. The largest absolute Gasteiger partial charge is 0.323 e. The number of amides is 2. The van der Waals surface area contributed by atoms with Crippen molar-refractivity contribution in [2.45, 2.75) is 6.92 Å². The molecule has 0 saturated carbocycles. The molecule has 0 unspecified atom stereocenters. The van der Waals surface area contributed by atoms with Crippen LogP contribution in [0.1, 0.15) is 6.92 Å². The summed E-state index contributed by atoms with van der Waals surface area (Å²) in [6.07, 6.45) is 0. The second kappa shape index (κ2) is 7.68. The van der Waals surface area contributed by atoms with Crippen molar-refractivity contribution in [2.75, 3.05) is 16.8 Å². The fourth-order valence-corrected chi connectivity index (χ4v) is 2.78. The maximum Gasteiger partial charge on any atom is 0.244 e. The van der Waals surface area contributed by atoms with Crippen LogP contribution in [-0.4, -0.2) is 18.4 Å². The molecule has 0 fully saturated rings. The number of nitrogens with zero attached hydrogens (tertiary/aromatic N) is 1. The summed E-state index contributed by atoms with van der Waals surface area (Å²) in [5, 5.41) is 3.64. The standard InChI is InChI=1S/C16H13Cl3N2O2/c1-10(22)21(16-12(18)6-4-7-13(16)19)9-15(23)20-14-8-3-2-5-11(14)17/h2-8H,9H2,1H3,(H,20,23). The van der Waals surface area contributed by atoms with Gasteiger partial charge in [-0.1, -0.05) is 53.0 Å². The van der Waals surface area contributed by atoms with Gasteiger partial charge in [-0.15, -0.1) is 0 Å². The Morgan fingerprint density at radius 2 is 1.52 bits per heavy atom. The number of halogens is 3. The SMILES string of the molecule is CC(=O)N(CC(=O)Nc1ccccc1Cl)c1c(Cl)cccc1Cl. The molecule has 0 aliphatic carbocycles. The number of rotatable bonds is 4. The minimum absolute atomic E-state index is 0.232. The molecule has 0 aliphatic heterocycles. The number of carbonyl (C=O) groups excluding carboxylic acids is 2. The van der Waals surface area contributed by atoms with Gasteiger partial charge in [-0.25, -0.2) is 0 Å². The first-order valence-electron chi connectivity index (χ1n) is 6.66. The normalized spacial score (nSPS) is 10.3. The van der Waals surface area contributed by atoms with Crippen molar-refractivity contribution in [3.63, 3.8) is 0 Å². The van der Waals surface area contributed by atoms with Gasteiger partial charge in [0.05, 0.1) is 26.4 Å². The summed E-state index contributed by atoms with van der Waals surface area (Å²) in [5.74, 6) is -0.765. The van der Waals surface area contributed by atoms with Crippen LogP contribution >= 0.6 is 34.8 Å². The number of hydrogen-bond donors (Lipinski definition) is 1. The van der Waals surface area contributed by atoms with Gasteiger partial charge in [0.2, 0.25) is 11.8 Å². The lowest BCUT2D eigenvalue weighted by Gasteiger charge is -2.23. The zero-order valence-corrected chi connectivity index (χ0v) is 14.4. The van der Waals surface area contributed by atoms with Crippen molar-refractivity contribution in [3.8, 4) is 0 Å². The molecule has 0 bridgehead atoms. The van der Waals surface area contributed by atoms with E-state index in [0.29, 0.717) is 26.4 Å². The summed E-state index contributed by atoms with van der Waals surface area (Å²) < 4.78 is 0. The Balaban J connectivity index is 2.22. The first-order valence-corrected chi connectivity index (χ1v) is 7.80. The molecule has 7 heteroatoms. The summed E-state index contributed by atoms with van der Waals surface area (Å²) in [7, 11) is 0. The van der Waals surface area contributed by atoms with Gasteiger partial charge in [-0.3, -0.25) is 9.59 Å². The van der Waals surface area contributed by atoms with Crippen LogP contribution in [0.5, 0.6) is 0 Å². The number of carbonyl (C=O) groups is 2. The molecule has 0 atom stereocenters. The molecule has 1 N–H and O–H groups in total. The van der Waals surface area contributed by atoms with E-state index < -0.39 is 5.91 Å². The minimum Gasteiger partial charge on any atom is -0.323 e. The maximum atomic E-state index is 12.2. The fraction of sp³-hybridized carbons (Fsp3) is 0.125. The van der Waals surface area contributed by atoms with E-state index in [4.69, 9.17) is 34.8 Å². The van der Waals surface area contributed by atoms with E-state index >= 15 is 0 Å². The predicted molar refractivity (Wildman–Crippen MR) is 94.6 cm³/mol. The van der Waals surface area contributed by atoms with Gasteiger partial charge in [0, 0.05) is 6.92 Å². The molecule has 0 spiro atoms. The molecule has 0 heterocycles. The molecule has 2 amide bonds. The molecule has 2 aromatic carbocycles. The van der Waals surface area contributed by atoms with Gasteiger partial charge >= 0.3 is 0 Å². The van der Waals surface area contributed by atoms with Gasteiger partial charge < -0.3 is 10.2 Å². The second-order valence-electron chi connectivity index (χ2n) is 4.70. The molecule has 2 rings (SSSR count). The van der Waals surface area contributed by atoms with Crippen molar-refractivity contribution >= 4 is 58.0 Å². The van der Waals surface area contributed by atoms with E-state index in [-0.39, 0.29) is 12.5 Å². The number of nitrogens with one attached hydrogen (secondary N) is 1.